The smallest absolute Gasteiger partial charge is 0.195 e. The van der Waals surface area contributed by atoms with Gasteiger partial charge >= 0.3 is 0 Å². The molecule has 1 aromatic heterocycles. The van der Waals surface area contributed by atoms with Gasteiger partial charge in [-0.15, -0.1) is 0 Å². The molecule has 0 radical (unpaired) electrons. The van der Waals surface area contributed by atoms with Gasteiger partial charge in [0.25, 0.3) is 0 Å². The summed E-state index contributed by atoms with van der Waals surface area (Å²) in [6.07, 6.45) is 4.65. The van der Waals surface area contributed by atoms with Gasteiger partial charge in [-0.3, -0.25) is 0 Å². The van der Waals surface area contributed by atoms with Crippen LogP contribution >= 0.6 is 0 Å². The van der Waals surface area contributed by atoms with Gasteiger partial charge in [-0.1, -0.05) is 38.1 Å². The largest absolute Gasteiger partial charge is 0.446 e. The quantitative estimate of drug-likeness (QED) is 0.754. The van der Waals surface area contributed by atoms with E-state index in [2.05, 4.69) is 55.3 Å². The topological polar surface area (TPSA) is 38.1 Å². The molecule has 3 heteroatoms. The molecule has 0 spiro atoms. The summed E-state index contributed by atoms with van der Waals surface area (Å²) in [4.78, 5) is 4.36. The molecule has 0 amide bonds. The van der Waals surface area contributed by atoms with E-state index in [4.69, 9.17) is 4.42 Å². The van der Waals surface area contributed by atoms with Gasteiger partial charge in [0.2, 0.25) is 0 Å². The van der Waals surface area contributed by atoms with Gasteiger partial charge in [0.15, 0.2) is 5.89 Å². The molecule has 0 aliphatic rings. The number of hydrogen-bond acceptors (Lipinski definition) is 3. The van der Waals surface area contributed by atoms with Crippen LogP contribution in [0.3, 0.4) is 0 Å². The van der Waals surface area contributed by atoms with E-state index < -0.39 is 0 Å². The molecule has 0 saturated heterocycles. The highest BCUT2D eigenvalue weighted by atomic mass is 16.4. The molecule has 0 fully saturated rings. The Balaban J connectivity index is 1.77. The predicted octanol–water partition coefficient (Wildman–Crippen LogP) is 3.56. The summed E-state index contributed by atoms with van der Waals surface area (Å²) < 4.78 is 5.80. The van der Waals surface area contributed by atoms with Crippen molar-refractivity contribution in [3.63, 3.8) is 0 Å². The summed E-state index contributed by atoms with van der Waals surface area (Å²) >= 11 is 0. The van der Waals surface area contributed by atoms with Crippen LogP contribution < -0.4 is 5.32 Å². The number of nitrogens with zero attached hydrogens (tertiary/aromatic N) is 1. The second-order valence-corrected chi connectivity index (χ2v) is 5.99. The van der Waals surface area contributed by atoms with Gasteiger partial charge in [-0.05, 0) is 36.9 Å². The normalized spacial score (nSPS) is 11.2. The first kappa shape index (κ1) is 15.8. The van der Waals surface area contributed by atoms with Gasteiger partial charge < -0.3 is 9.73 Å². The molecule has 0 saturated carbocycles. The van der Waals surface area contributed by atoms with Gasteiger partial charge in [-0.25, -0.2) is 4.98 Å². The van der Waals surface area contributed by atoms with Gasteiger partial charge in [-0.2, -0.15) is 0 Å². The fourth-order valence-corrected chi connectivity index (χ4v) is 2.31. The van der Waals surface area contributed by atoms with E-state index in [1.165, 1.54) is 11.1 Å². The second kappa shape index (κ2) is 7.99. The molecular formula is C18H26N2O. The maximum absolute atomic E-state index is 5.80. The molecule has 0 aliphatic carbocycles. The third-order valence-corrected chi connectivity index (χ3v) is 3.57. The first-order valence-corrected chi connectivity index (χ1v) is 7.84. The summed E-state index contributed by atoms with van der Waals surface area (Å²) in [5, 5.41) is 3.41. The minimum absolute atomic E-state index is 0.680. The van der Waals surface area contributed by atoms with Crippen molar-refractivity contribution in [1.29, 1.82) is 0 Å². The Morgan fingerprint density at radius 2 is 1.95 bits per heavy atom. The maximum Gasteiger partial charge on any atom is 0.195 e. The summed E-state index contributed by atoms with van der Waals surface area (Å²) in [6, 6.07) is 8.51. The Labute approximate surface area is 127 Å². The van der Waals surface area contributed by atoms with Crippen LogP contribution in [0.5, 0.6) is 0 Å². The molecule has 0 bridgehead atoms. The number of nitrogens with one attached hydrogen (secondary N) is 1. The Hall–Kier alpha value is -1.61. The second-order valence-electron chi connectivity index (χ2n) is 5.99. The molecule has 1 aromatic carbocycles. The Morgan fingerprint density at radius 1 is 1.14 bits per heavy atom. The zero-order valence-corrected chi connectivity index (χ0v) is 13.4. The van der Waals surface area contributed by atoms with E-state index in [1.807, 2.05) is 6.20 Å². The van der Waals surface area contributed by atoms with E-state index in [0.717, 1.165) is 44.0 Å². The van der Waals surface area contributed by atoms with Crippen molar-refractivity contribution in [2.75, 3.05) is 13.1 Å². The fourth-order valence-electron chi connectivity index (χ4n) is 2.31. The highest BCUT2D eigenvalue weighted by Crippen LogP contribution is 2.12. The standard InChI is InChI=1S/C18H26N2O/c1-14(2)12-19-11-10-18-20-13-17(21-18)9-8-16-7-5-4-6-15(16)3/h4-7,13-14,19H,8-12H2,1-3H3. The summed E-state index contributed by atoms with van der Waals surface area (Å²) in [5.74, 6) is 2.50. The third kappa shape index (κ3) is 5.35. The van der Waals surface area contributed by atoms with Crippen molar-refractivity contribution in [1.82, 2.24) is 10.3 Å². The molecule has 21 heavy (non-hydrogen) atoms. The molecule has 0 aliphatic heterocycles. The molecule has 0 atom stereocenters. The lowest BCUT2D eigenvalue weighted by molar-refractivity contribution is 0.443. The zero-order chi connectivity index (χ0) is 15.1. The van der Waals surface area contributed by atoms with Crippen LogP contribution in [0.1, 0.15) is 36.6 Å². The van der Waals surface area contributed by atoms with Crippen LogP contribution in [0, 0.1) is 12.8 Å². The summed E-state index contributed by atoms with van der Waals surface area (Å²) in [6.45, 7) is 8.54. The van der Waals surface area contributed by atoms with Crippen molar-refractivity contribution in [2.24, 2.45) is 5.92 Å². The fraction of sp³-hybridized carbons (Fsp3) is 0.500. The Kier molecular flexibility index (Phi) is 6.00. The van der Waals surface area contributed by atoms with E-state index >= 15 is 0 Å². The summed E-state index contributed by atoms with van der Waals surface area (Å²) in [7, 11) is 0. The number of rotatable bonds is 8. The molecular weight excluding hydrogens is 260 g/mol. The molecule has 1 N–H and O–H groups in total. The molecule has 2 rings (SSSR count). The van der Waals surface area contributed by atoms with Crippen molar-refractivity contribution in [3.8, 4) is 0 Å². The highest BCUT2D eigenvalue weighted by Gasteiger charge is 2.05. The van der Waals surface area contributed by atoms with E-state index in [0.29, 0.717) is 5.92 Å². The maximum atomic E-state index is 5.80. The lowest BCUT2D eigenvalue weighted by Crippen LogP contribution is -2.22. The number of aryl methyl sites for hydroxylation is 3. The number of oxazole rings is 1. The molecule has 2 aromatic rings. The van der Waals surface area contributed by atoms with Crippen LogP contribution in [0.25, 0.3) is 0 Å². The molecule has 1 heterocycles. The summed E-state index contributed by atoms with van der Waals surface area (Å²) in [5.41, 5.74) is 2.73. The van der Waals surface area contributed by atoms with E-state index in [9.17, 15) is 0 Å². The van der Waals surface area contributed by atoms with Crippen LogP contribution in [-0.2, 0) is 19.3 Å². The van der Waals surface area contributed by atoms with Gasteiger partial charge in [0, 0.05) is 19.4 Å². The van der Waals surface area contributed by atoms with Crippen LogP contribution in [0.15, 0.2) is 34.9 Å². The van der Waals surface area contributed by atoms with Gasteiger partial charge in [0.05, 0.1) is 6.20 Å². The minimum Gasteiger partial charge on any atom is -0.446 e. The minimum atomic E-state index is 0.680. The number of benzene rings is 1. The predicted molar refractivity (Wildman–Crippen MR) is 86.5 cm³/mol. The van der Waals surface area contributed by atoms with Crippen molar-refractivity contribution < 1.29 is 4.42 Å². The number of hydrogen-bond donors (Lipinski definition) is 1. The van der Waals surface area contributed by atoms with Crippen LogP contribution in [-0.4, -0.2) is 18.1 Å². The SMILES string of the molecule is Cc1ccccc1CCc1cnc(CCNCC(C)C)o1. The average Bonchev–Trinajstić information content (AvgIpc) is 2.90. The van der Waals surface area contributed by atoms with Crippen molar-refractivity contribution in [2.45, 2.75) is 40.0 Å². The first-order chi connectivity index (χ1) is 10.1. The van der Waals surface area contributed by atoms with Crippen molar-refractivity contribution >= 4 is 0 Å². The number of aromatic nitrogens is 1. The van der Waals surface area contributed by atoms with Crippen molar-refractivity contribution in [3.05, 3.63) is 53.2 Å². The van der Waals surface area contributed by atoms with E-state index in [-0.39, 0.29) is 0 Å². The molecule has 0 unspecified atom stereocenters. The Bertz CT molecular complexity index is 546. The highest BCUT2D eigenvalue weighted by molar-refractivity contribution is 5.26. The van der Waals surface area contributed by atoms with E-state index in [1.54, 1.807) is 0 Å². The zero-order valence-electron chi connectivity index (χ0n) is 13.4. The molecule has 114 valence electrons. The Morgan fingerprint density at radius 3 is 2.71 bits per heavy atom. The average molecular weight is 286 g/mol. The van der Waals surface area contributed by atoms with Gasteiger partial charge in [0.1, 0.15) is 5.76 Å². The lowest BCUT2D eigenvalue weighted by atomic mass is 10.0. The third-order valence-electron chi connectivity index (χ3n) is 3.57. The first-order valence-electron chi connectivity index (χ1n) is 7.84. The monoisotopic (exact) mass is 286 g/mol. The lowest BCUT2D eigenvalue weighted by Gasteiger charge is -2.05. The molecule has 3 nitrogen and oxygen atoms in total. The van der Waals surface area contributed by atoms with Crippen LogP contribution in [0.4, 0.5) is 0 Å². The van der Waals surface area contributed by atoms with Crippen LogP contribution in [0.2, 0.25) is 0 Å².